The lowest BCUT2D eigenvalue weighted by Crippen LogP contribution is -2.48. The lowest BCUT2D eigenvalue weighted by molar-refractivity contribution is 0.322. The van der Waals surface area contributed by atoms with E-state index in [0.29, 0.717) is 5.92 Å². The number of aliphatic hydroxyl groups is 1. The van der Waals surface area contributed by atoms with Gasteiger partial charge in [0.1, 0.15) is 5.54 Å². The van der Waals surface area contributed by atoms with E-state index < -0.39 is 0 Å². The molecule has 1 fully saturated rings. The molecule has 0 aromatic heterocycles. The van der Waals surface area contributed by atoms with Crippen LogP contribution in [0.15, 0.2) is 0 Å². The molecule has 4 heteroatoms. The second-order valence-electron chi connectivity index (χ2n) is 4.06. The van der Waals surface area contributed by atoms with E-state index in [0.717, 1.165) is 24.5 Å². The molecule has 1 aliphatic carbocycles. The van der Waals surface area contributed by atoms with E-state index in [4.69, 9.17) is 5.11 Å². The van der Waals surface area contributed by atoms with E-state index in [2.05, 4.69) is 18.3 Å². The molecule has 1 atom stereocenters. The van der Waals surface area contributed by atoms with Crippen LogP contribution in [0.3, 0.4) is 0 Å². The Labute approximate surface area is 96.2 Å². The second-order valence-corrected chi connectivity index (χ2v) is 5.17. The van der Waals surface area contributed by atoms with Gasteiger partial charge in [0.15, 0.2) is 0 Å². The molecular weight excluding hydrogens is 208 g/mol. The number of nitriles is 1. The molecule has 3 nitrogen and oxygen atoms in total. The van der Waals surface area contributed by atoms with Crippen LogP contribution in [0.2, 0.25) is 0 Å². The summed E-state index contributed by atoms with van der Waals surface area (Å²) in [7, 11) is 0. The molecule has 1 saturated carbocycles. The van der Waals surface area contributed by atoms with Crippen molar-refractivity contribution >= 4 is 11.8 Å². The Bertz CT molecular complexity index is 225. The Balaban J connectivity index is 2.46. The monoisotopic (exact) mass is 228 g/mol. The summed E-state index contributed by atoms with van der Waals surface area (Å²) in [6, 6.07) is 2.46. The molecular formula is C11H20N2OS. The van der Waals surface area contributed by atoms with Crippen molar-refractivity contribution in [2.45, 2.75) is 31.7 Å². The van der Waals surface area contributed by atoms with Crippen molar-refractivity contribution in [2.24, 2.45) is 5.92 Å². The number of thioether (sulfide) groups is 1. The van der Waals surface area contributed by atoms with Gasteiger partial charge in [-0.2, -0.15) is 17.0 Å². The van der Waals surface area contributed by atoms with Crippen LogP contribution in [0.25, 0.3) is 0 Å². The fourth-order valence-electron chi connectivity index (χ4n) is 1.70. The van der Waals surface area contributed by atoms with Crippen LogP contribution in [0.1, 0.15) is 26.2 Å². The first-order chi connectivity index (χ1) is 7.29. The zero-order valence-corrected chi connectivity index (χ0v) is 10.1. The zero-order chi connectivity index (χ0) is 11.1. The molecule has 1 rings (SSSR count). The van der Waals surface area contributed by atoms with Crippen LogP contribution in [0.4, 0.5) is 0 Å². The zero-order valence-electron chi connectivity index (χ0n) is 9.33. The number of hydrogen-bond donors (Lipinski definition) is 2. The van der Waals surface area contributed by atoms with Gasteiger partial charge in [0.2, 0.25) is 0 Å². The summed E-state index contributed by atoms with van der Waals surface area (Å²) in [4.78, 5) is 0. The average molecular weight is 228 g/mol. The topological polar surface area (TPSA) is 56.0 Å². The fourth-order valence-corrected chi connectivity index (χ4v) is 2.70. The maximum Gasteiger partial charge on any atom is 0.118 e. The van der Waals surface area contributed by atoms with E-state index in [1.807, 2.05) is 0 Å². The van der Waals surface area contributed by atoms with Gasteiger partial charge in [0.25, 0.3) is 0 Å². The quantitative estimate of drug-likeness (QED) is 0.616. The first kappa shape index (κ1) is 12.8. The minimum atomic E-state index is -0.337. The second kappa shape index (κ2) is 6.37. The molecule has 0 heterocycles. The predicted molar refractivity (Wildman–Crippen MR) is 63.8 cm³/mol. The highest BCUT2D eigenvalue weighted by Crippen LogP contribution is 2.41. The number of aliphatic hydroxyl groups excluding tert-OH is 1. The molecule has 2 N–H and O–H groups in total. The van der Waals surface area contributed by atoms with Crippen molar-refractivity contribution in [3.8, 4) is 6.07 Å². The maximum absolute atomic E-state index is 9.32. The van der Waals surface area contributed by atoms with Crippen LogP contribution in [-0.2, 0) is 0 Å². The summed E-state index contributed by atoms with van der Waals surface area (Å²) < 4.78 is 0. The Hall–Kier alpha value is -0.240. The molecule has 1 unspecified atom stereocenters. The Morgan fingerprint density at radius 1 is 1.60 bits per heavy atom. The van der Waals surface area contributed by atoms with Gasteiger partial charge in [0, 0.05) is 11.5 Å². The third-order valence-electron chi connectivity index (χ3n) is 2.73. The molecule has 0 spiro atoms. The lowest BCUT2D eigenvalue weighted by Gasteiger charge is -2.27. The minimum absolute atomic E-state index is 0.199. The van der Waals surface area contributed by atoms with Gasteiger partial charge in [-0.1, -0.05) is 6.92 Å². The molecule has 1 aliphatic rings. The fraction of sp³-hybridized carbons (Fsp3) is 0.909. The summed E-state index contributed by atoms with van der Waals surface area (Å²) in [6.45, 7) is 3.22. The van der Waals surface area contributed by atoms with Crippen LogP contribution in [0.5, 0.6) is 0 Å². The van der Waals surface area contributed by atoms with E-state index in [-0.39, 0.29) is 12.1 Å². The largest absolute Gasteiger partial charge is 0.396 e. The van der Waals surface area contributed by atoms with Crippen molar-refractivity contribution in [1.29, 1.82) is 5.26 Å². The smallest absolute Gasteiger partial charge is 0.118 e. The van der Waals surface area contributed by atoms with E-state index in [9.17, 15) is 5.26 Å². The van der Waals surface area contributed by atoms with Crippen LogP contribution < -0.4 is 5.32 Å². The van der Waals surface area contributed by atoms with Crippen LogP contribution in [-0.4, -0.2) is 35.3 Å². The number of nitrogens with zero attached hydrogens (tertiary/aromatic N) is 1. The van der Waals surface area contributed by atoms with Crippen molar-refractivity contribution in [3.63, 3.8) is 0 Å². The summed E-state index contributed by atoms with van der Waals surface area (Å²) in [5, 5.41) is 21.5. The average Bonchev–Trinajstić information content (AvgIpc) is 3.08. The molecule has 0 aliphatic heterocycles. The Morgan fingerprint density at radius 3 is 2.80 bits per heavy atom. The van der Waals surface area contributed by atoms with Gasteiger partial charge in [-0.3, -0.25) is 5.32 Å². The van der Waals surface area contributed by atoms with Gasteiger partial charge in [-0.15, -0.1) is 0 Å². The maximum atomic E-state index is 9.32. The molecule has 15 heavy (non-hydrogen) atoms. The number of hydrogen-bond acceptors (Lipinski definition) is 4. The predicted octanol–water partition coefficient (Wildman–Crippen LogP) is 1.38. The van der Waals surface area contributed by atoms with Crippen molar-refractivity contribution in [2.75, 3.05) is 24.7 Å². The van der Waals surface area contributed by atoms with Gasteiger partial charge < -0.3 is 5.11 Å². The van der Waals surface area contributed by atoms with Gasteiger partial charge >= 0.3 is 0 Å². The molecule has 86 valence electrons. The standard InChI is InChI=1S/C11H20N2OS/c1-2-5-13-11(8-12,10-3-4-10)9-15-7-6-14/h10,13-14H,2-7,9H2,1H3. The summed E-state index contributed by atoms with van der Waals surface area (Å²) >= 11 is 1.67. The van der Waals surface area contributed by atoms with E-state index in [1.165, 1.54) is 12.8 Å². The summed E-state index contributed by atoms with van der Waals surface area (Å²) in [6.07, 6.45) is 3.40. The minimum Gasteiger partial charge on any atom is -0.396 e. The normalized spacial score (nSPS) is 19.5. The Kier molecular flexibility index (Phi) is 5.44. The molecule has 0 saturated heterocycles. The number of rotatable bonds is 8. The molecule has 0 radical (unpaired) electrons. The van der Waals surface area contributed by atoms with E-state index in [1.54, 1.807) is 11.8 Å². The van der Waals surface area contributed by atoms with E-state index >= 15 is 0 Å². The Morgan fingerprint density at radius 2 is 2.33 bits per heavy atom. The van der Waals surface area contributed by atoms with Gasteiger partial charge in [-0.05, 0) is 31.7 Å². The molecule has 0 aromatic rings. The summed E-state index contributed by atoms with van der Waals surface area (Å²) in [5.74, 6) is 2.05. The van der Waals surface area contributed by atoms with Crippen molar-refractivity contribution < 1.29 is 5.11 Å². The first-order valence-electron chi connectivity index (χ1n) is 5.64. The molecule has 0 bridgehead atoms. The third kappa shape index (κ3) is 3.67. The van der Waals surface area contributed by atoms with Crippen LogP contribution >= 0.6 is 11.8 Å². The SMILES string of the molecule is CCCNC(C#N)(CSCCO)C1CC1. The van der Waals surface area contributed by atoms with Crippen molar-refractivity contribution in [3.05, 3.63) is 0 Å². The summed E-state index contributed by atoms with van der Waals surface area (Å²) in [5.41, 5.74) is -0.337. The highest BCUT2D eigenvalue weighted by Gasteiger charge is 2.45. The van der Waals surface area contributed by atoms with Crippen molar-refractivity contribution in [1.82, 2.24) is 5.32 Å². The van der Waals surface area contributed by atoms with Gasteiger partial charge in [-0.25, -0.2) is 0 Å². The highest BCUT2D eigenvalue weighted by molar-refractivity contribution is 7.99. The van der Waals surface area contributed by atoms with Gasteiger partial charge in [0.05, 0.1) is 12.7 Å². The first-order valence-corrected chi connectivity index (χ1v) is 6.79. The highest BCUT2D eigenvalue weighted by atomic mass is 32.2. The molecule has 0 aromatic carbocycles. The van der Waals surface area contributed by atoms with Crippen LogP contribution in [0, 0.1) is 17.2 Å². The lowest BCUT2D eigenvalue weighted by atomic mass is 9.97. The number of nitrogens with one attached hydrogen (secondary N) is 1. The third-order valence-corrected chi connectivity index (χ3v) is 3.86. The molecule has 0 amide bonds.